The molecule has 0 radical (unpaired) electrons. The Balaban J connectivity index is 1.89. The fraction of sp³-hybridized carbons (Fsp3) is 0.286. The molecule has 0 aliphatic heterocycles. The number of nitrogens with two attached hydrogens (primary N) is 1. The van der Waals surface area contributed by atoms with Gasteiger partial charge in [0, 0.05) is 27.6 Å². The Bertz CT molecular complexity index is 960. The van der Waals surface area contributed by atoms with Crippen LogP contribution >= 0.6 is 11.6 Å². The quantitative estimate of drug-likeness (QED) is 0.698. The molecule has 0 atom stereocenters. The van der Waals surface area contributed by atoms with E-state index in [2.05, 4.69) is 38.2 Å². The highest BCUT2D eigenvalue weighted by atomic mass is 35.5. The van der Waals surface area contributed by atoms with E-state index < -0.39 is 0 Å². The highest BCUT2D eigenvalue weighted by Gasteiger charge is 2.12. The average Bonchev–Trinajstić information content (AvgIpc) is 2.53. The molecule has 2 N–H and O–H groups in total. The maximum absolute atomic E-state index is 11.9. The lowest BCUT2D eigenvalue weighted by atomic mass is 9.95. The summed E-state index contributed by atoms with van der Waals surface area (Å²) in [5, 5.41) is 3.94. The molecule has 3 aromatic rings. The van der Waals surface area contributed by atoms with Gasteiger partial charge in [-0.25, -0.2) is 4.79 Å². The second kappa shape index (κ2) is 7.42. The molecular formula is C21H23ClNO2+. The molecular weight excluding hydrogens is 334 g/mol. The maximum Gasteiger partial charge on any atom is 0.336 e. The Morgan fingerprint density at radius 3 is 2.64 bits per heavy atom. The molecule has 130 valence electrons. The first-order valence-electron chi connectivity index (χ1n) is 8.57. The van der Waals surface area contributed by atoms with E-state index in [4.69, 9.17) is 16.0 Å². The first kappa shape index (κ1) is 17.7. The molecule has 0 saturated carbocycles. The molecule has 0 aliphatic rings. The van der Waals surface area contributed by atoms with Crippen molar-refractivity contribution in [1.82, 2.24) is 0 Å². The summed E-state index contributed by atoms with van der Waals surface area (Å²) in [5.74, 6) is 0.430. The Labute approximate surface area is 152 Å². The number of halogens is 1. The standard InChI is InChI=1S/C21H22ClNO2/c1-13(2)18-10-19-16(9-21(24)25-20(19)7-14(18)3)12-23-11-15-5-4-6-17(22)8-15/h4-10,13,23H,11-12H2,1-3H3/p+1. The number of fused-ring (bicyclic) bond motifs is 1. The van der Waals surface area contributed by atoms with Gasteiger partial charge in [-0.05, 0) is 48.2 Å². The fourth-order valence-corrected chi connectivity index (χ4v) is 3.45. The predicted molar refractivity (Wildman–Crippen MR) is 102 cm³/mol. The Hall–Kier alpha value is -2.10. The highest BCUT2D eigenvalue weighted by Crippen LogP contribution is 2.26. The average molecular weight is 357 g/mol. The van der Waals surface area contributed by atoms with E-state index in [-0.39, 0.29) is 5.63 Å². The van der Waals surface area contributed by atoms with Crippen molar-refractivity contribution >= 4 is 22.6 Å². The lowest BCUT2D eigenvalue weighted by Gasteiger charge is -2.12. The zero-order valence-corrected chi connectivity index (χ0v) is 15.6. The summed E-state index contributed by atoms with van der Waals surface area (Å²) in [7, 11) is 0. The van der Waals surface area contributed by atoms with Crippen LogP contribution in [0, 0.1) is 6.92 Å². The number of aryl methyl sites for hydroxylation is 1. The first-order chi connectivity index (χ1) is 11.9. The van der Waals surface area contributed by atoms with E-state index >= 15 is 0 Å². The maximum atomic E-state index is 11.9. The molecule has 0 bridgehead atoms. The van der Waals surface area contributed by atoms with Crippen LogP contribution in [0.4, 0.5) is 0 Å². The van der Waals surface area contributed by atoms with Gasteiger partial charge in [-0.2, -0.15) is 0 Å². The molecule has 3 nitrogen and oxygen atoms in total. The molecule has 0 aliphatic carbocycles. The van der Waals surface area contributed by atoms with Crippen LogP contribution < -0.4 is 10.9 Å². The minimum atomic E-state index is -0.296. The van der Waals surface area contributed by atoms with Gasteiger partial charge in [-0.15, -0.1) is 0 Å². The van der Waals surface area contributed by atoms with E-state index in [9.17, 15) is 4.79 Å². The molecule has 0 fully saturated rings. The number of rotatable bonds is 5. The van der Waals surface area contributed by atoms with Gasteiger partial charge >= 0.3 is 5.63 Å². The van der Waals surface area contributed by atoms with Gasteiger partial charge in [0.05, 0.1) is 0 Å². The third-order valence-corrected chi connectivity index (χ3v) is 4.71. The SMILES string of the molecule is Cc1cc2oc(=O)cc(C[NH2+]Cc3cccc(Cl)c3)c2cc1C(C)C. The summed E-state index contributed by atoms with van der Waals surface area (Å²) in [4.78, 5) is 11.9. The minimum Gasteiger partial charge on any atom is -0.423 e. The van der Waals surface area contributed by atoms with Crippen LogP contribution in [0.2, 0.25) is 5.02 Å². The van der Waals surface area contributed by atoms with Crippen molar-refractivity contribution in [2.24, 2.45) is 0 Å². The van der Waals surface area contributed by atoms with Crippen LogP contribution in [0.1, 0.15) is 42.0 Å². The third kappa shape index (κ3) is 4.12. The number of benzene rings is 2. The van der Waals surface area contributed by atoms with Crippen LogP contribution in [0.5, 0.6) is 0 Å². The third-order valence-electron chi connectivity index (χ3n) is 4.47. The van der Waals surface area contributed by atoms with Crippen molar-refractivity contribution in [2.45, 2.75) is 39.8 Å². The zero-order valence-electron chi connectivity index (χ0n) is 14.8. The first-order valence-corrected chi connectivity index (χ1v) is 8.95. The molecule has 1 heterocycles. The van der Waals surface area contributed by atoms with E-state index in [0.717, 1.165) is 34.6 Å². The van der Waals surface area contributed by atoms with Gasteiger partial charge < -0.3 is 9.73 Å². The van der Waals surface area contributed by atoms with E-state index in [0.29, 0.717) is 11.5 Å². The lowest BCUT2D eigenvalue weighted by molar-refractivity contribution is -0.686. The summed E-state index contributed by atoms with van der Waals surface area (Å²) < 4.78 is 5.41. The number of hydrogen-bond acceptors (Lipinski definition) is 2. The van der Waals surface area contributed by atoms with Crippen LogP contribution in [-0.2, 0) is 13.1 Å². The van der Waals surface area contributed by atoms with Crippen molar-refractivity contribution in [2.75, 3.05) is 0 Å². The predicted octanol–water partition coefficient (Wildman–Crippen LogP) is 4.14. The Kier molecular flexibility index (Phi) is 5.26. The second-order valence-electron chi connectivity index (χ2n) is 6.78. The van der Waals surface area contributed by atoms with Crippen molar-refractivity contribution in [3.63, 3.8) is 0 Å². The van der Waals surface area contributed by atoms with Gasteiger partial charge in [-0.3, -0.25) is 0 Å². The smallest absolute Gasteiger partial charge is 0.336 e. The molecule has 2 aromatic carbocycles. The second-order valence-corrected chi connectivity index (χ2v) is 7.21. The van der Waals surface area contributed by atoms with Crippen molar-refractivity contribution in [3.05, 3.63) is 80.2 Å². The van der Waals surface area contributed by atoms with Crippen LogP contribution in [0.15, 0.2) is 51.7 Å². The lowest BCUT2D eigenvalue weighted by Crippen LogP contribution is -2.80. The summed E-state index contributed by atoms with van der Waals surface area (Å²) in [6.07, 6.45) is 0. The van der Waals surface area contributed by atoms with Crippen LogP contribution in [0.25, 0.3) is 11.0 Å². The summed E-state index contributed by atoms with van der Waals surface area (Å²) >= 11 is 6.03. The minimum absolute atomic E-state index is 0.296. The molecule has 4 heteroatoms. The monoisotopic (exact) mass is 356 g/mol. The van der Waals surface area contributed by atoms with Gasteiger partial charge in [0.2, 0.25) is 0 Å². The Morgan fingerprint density at radius 1 is 1.12 bits per heavy atom. The fourth-order valence-electron chi connectivity index (χ4n) is 3.24. The Morgan fingerprint density at radius 2 is 1.92 bits per heavy atom. The van der Waals surface area contributed by atoms with Crippen molar-refractivity contribution in [3.8, 4) is 0 Å². The van der Waals surface area contributed by atoms with Gasteiger partial charge in [-0.1, -0.05) is 37.6 Å². The number of hydrogen-bond donors (Lipinski definition) is 1. The van der Waals surface area contributed by atoms with E-state index in [1.54, 1.807) is 6.07 Å². The highest BCUT2D eigenvalue weighted by molar-refractivity contribution is 6.30. The van der Waals surface area contributed by atoms with Gasteiger partial charge in [0.1, 0.15) is 18.7 Å². The summed E-state index contributed by atoms with van der Waals surface area (Å²) in [6.45, 7) is 7.95. The van der Waals surface area contributed by atoms with Crippen molar-refractivity contribution < 1.29 is 9.73 Å². The van der Waals surface area contributed by atoms with E-state index in [1.165, 1.54) is 11.1 Å². The molecule has 0 saturated heterocycles. The number of quaternary nitrogens is 1. The van der Waals surface area contributed by atoms with Crippen LogP contribution in [-0.4, -0.2) is 0 Å². The topological polar surface area (TPSA) is 46.8 Å². The molecule has 0 amide bonds. The zero-order chi connectivity index (χ0) is 18.0. The largest absolute Gasteiger partial charge is 0.423 e. The normalized spacial score (nSPS) is 11.4. The van der Waals surface area contributed by atoms with E-state index in [1.807, 2.05) is 24.3 Å². The van der Waals surface area contributed by atoms with Gasteiger partial charge in [0.25, 0.3) is 0 Å². The molecule has 0 unspecified atom stereocenters. The summed E-state index contributed by atoms with van der Waals surface area (Å²) in [6, 6.07) is 13.6. The van der Waals surface area contributed by atoms with Crippen molar-refractivity contribution in [1.29, 1.82) is 0 Å². The van der Waals surface area contributed by atoms with Crippen LogP contribution in [0.3, 0.4) is 0 Å². The van der Waals surface area contributed by atoms with Gasteiger partial charge in [0.15, 0.2) is 0 Å². The molecule has 0 spiro atoms. The molecule has 3 rings (SSSR count). The molecule has 1 aromatic heterocycles. The molecule has 25 heavy (non-hydrogen) atoms. The summed E-state index contributed by atoms with van der Waals surface area (Å²) in [5.41, 5.74) is 4.99.